The van der Waals surface area contributed by atoms with Gasteiger partial charge in [0, 0.05) is 46.5 Å². The maximum absolute atomic E-state index is 12.5. The predicted octanol–water partition coefficient (Wildman–Crippen LogP) is 3.00. The monoisotopic (exact) mass is 395 g/mol. The third-order valence-electron chi connectivity index (χ3n) is 6.03. The molecule has 1 N–H and O–H groups in total. The number of benzene rings is 1. The molecule has 0 spiro atoms. The molecule has 2 aromatic heterocycles. The summed E-state index contributed by atoms with van der Waals surface area (Å²) in [5.74, 6) is -0.253. The van der Waals surface area contributed by atoms with Crippen molar-refractivity contribution in [2.75, 3.05) is 18.6 Å². The molecule has 1 aliphatic heterocycles. The minimum absolute atomic E-state index is 0.166. The van der Waals surface area contributed by atoms with Crippen LogP contribution in [0.4, 0.5) is 5.13 Å². The number of hydrogen-bond donors (Lipinski definition) is 1. The third-order valence-corrected chi connectivity index (χ3v) is 6.98. The number of nitrogens with zero attached hydrogens (tertiary/aromatic N) is 2. The first kappa shape index (κ1) is 17.4. The van der Waals surface area contributed by atoms with Crippen molar-refractivity contribution >= 4 is 33.3 Å². The van der Waals surface area contributed by atoms with Crippen LogP contribution in [0.3, 0.4) is 0 Å². The third kappa shape index (κ3) is 2.64. The second kappa shape index (κ2) is 6.44. The van der Waals surface area contributed by atoms with E-state index in [1.54, 1.807) is 6.07 Å². The van der Waals surface area contributed by atoms with Gasteiger partial charge in [-0.1, -0.05) is 12.1 Å². The van der Waals surface area contributed by atoms with Gasteiger partial charge in [0.25, 0.3) is 5.56 Å². The molecule has 6 nitrogen and oxygen atoms in total. The van der Waals surface area contributed by atoms with Gasteiger partial charge in [0.15, 0.2) is 5.13 Å². The maximum Gasteiger partial charge on any atom is 0.310 e. The molecule has 1 saturated heterocycles. The molecule has 0 radical (unpaired) electrons. The lowest BCUT2D eigenvalue weighted by Crippen LogP contribution is -2.52. The van der Waals surface area contributed by atoms with Gasteiger partial charge in [-0.2, -0.15) is 4.98 Å². The number of methoxy groups -OCH3 is 1. The number of carbonyl (C=O) groups excluding carboxylic acids is 1. The Morgan fingerprint density at radius 3 is 3.04 bits per heavy atom. The zero-order valence-electron chi connectivity index (χ0n) is 15.8. The molecule has 28 heavy (non-hydrogen) atoms. The molecule has 1 aliphatic carbocycles. The molecule has 3 aromatic rings. The van der Waals surface area contributed by atoms with Crippen LogP contribution in [-0.4, -0.2) is 35.6 Å². The van der Waals surface area contributed by atoms with Gasteiger partial charge in [-0.05, 0) is 37.0 Å². The molecule has 144 valence electrons. The highest BCUT2D eigenvalue weighted by Gasteiger charge is 2.44. The highest BCUT2D eigenvalue weighted by atomic mass is 32.1. The highest BCUT2D eigenvalue weighted by molar-refractivity contribution is 7.15. The lowest BCUT2D eigenvalue weighted by Gasteiger charge is -2.46. The number of aryl methyl sites for hydroxylation is 1. The van der Waals surface area contributed by atoms with Crippen LogP contribution in [0, 0.1) is 12.8 Å². The molecule has 1 aromatic carbocycles. The first-order valence-electron chi connectivity index (χ1n) is 9.47. The molecule has 1 fully saturated rings. The van der Waals surface area contributed by atoms with Gasteiger partial charge in [-0.3, -0.25) is 9.59 Å². The Balaban J connectivity index is 1.65. The van der Waals surface area contributed by atoms with Crippen LogP contribution in [0.1, 0.15) is 28.3 Å². The number of aromatic nitrogens is 2. The summed E-state index contributed by atoms with van der Waals surface area (Å²) < 4.78 is 5.08. The standard InChI is InChI=1S/C21H21N3O3S/c1-11-6-18(25)23-21(28-11)24-10-13(20(26)27-2)7-15-14-4-3-5-16-19(14)12(9-22-16)8-17(15)24/h3-6,9,13,15,17,22H,7-8,10H2,1-2H3/t13-,15-,17-/m1/s1. The van der Waals surface area contributed by atoms with Crippen LogP contribution in [0.2, 0.25) is 0 Å². The van der Waals surface area contributed by atoms with Gasteiger partial charge in [0.1, 0.15) is 0 Å². The molecular formula is C21H21N3O3S. The van der Waals surface area contributed by atoms with E-state index in [0.29, 0.717) is 11.7 Å². The highest BCUT2D eigenvalue weighted by Crippen LogP contribution is 2.46. The molecule has 2 aliphatic rings. The quantitative estimate of drug-likeness (QED) is 0.675. The Kier molecular flexibility index (Phi) is 4.01. The smallest absolute Gasteiger partial charge is 0.310 e. The number of rotatable bonds is 2. The summed E-state index contributed by atoms with van der Waals surface area (Å²) in [5, 5.41) is 1.97. The van der Waals surface area contributed by atoms with Crippen molar-refractivity contribution in [3.8, 4) is 0 Å². The van der Waals surface area contributed by atoms with Gasteiger partial charge in [0.2, 0.25) is 0 Å². The molecule has 3 heterocycles. The minimum atomic E-state index is -0.244. The van der Waals surface area contributed by atoms with Crippen LogP contribution in [-0.2, 0) is 16.0 Å². The summed E-state index contributed by atoms with van der Waals surface area (Å²) in [6.07, 6.45) is 3.70. The molecule has 0 bridgehead atoms. The van der Waals surface area contributed by atoms with Gasteiger partial charge in [0.05, 0.1) is 13.0 Å². The Morgan fingerprint density at radius 2 is 2.25 bits per heavy atom. The second-order valence-electron chi connectivity index (χ2n) is 7.66. The van der Waals surface area contributed by atoms with E-state index in [1.165, 1.54) is 35.0 Å². The number of fused-ring (bicyclic) bond motifs is 2. The molecule has 5 rings (SSSR count). The van der Waals surface area contributed by atoms with Crippen LogP contribution in [0.15, 0.2) is 35.3 Å². The van der Waals surface area contributed by atoms with E-state index in [0.717, 1.165) is 23.2 Å². The molecule has 3 atom stereocenters. The van der Waals surface area contributed by atoms with E-state index in [4.69, 9.17) is 4.74 Å². The predicted molar refractivity (Wildman–Crippen MR) is 109 cm³/mol. The largest absolute Gasteiger partial charge is 0.469 e. The van der Waals surface area contributed by atoms with Crippen LogP contribution in [0.25, 0.3) is 10.9 Å². The van der Waals surface area contributed by atoms with Crippen LogP contribution >= 0.6 is 11.3 Å². The van der Waals surface area contributed by atoms with Gasteiger partial charge >= 0.3 is 5.97 Å². The van der Waals surface area contributed by atoms with Crippen molar-refractivity contribution in [2.45, 2.75) is 31.7 Å². The summed E-state index contributed by atoms with van der Waals surface area (Å²) in [4.78, 5) is 35.3. The SMILES string of the molecule is COC(=O)[C@@H]1C[C@@H]2c3cccc4[nH]cc(c34)C[C@H]2N(c2nc(=O)cc(C)s2)C1. The first-order valence-corrected chi connectivity index (χ1v) is 10.3. The fraction of sp³-hybridized carbons (Fsp3) is 0.381. The molecule has 0 saturated carbocycles. The molecular weight excluding hydrogens is 374 g/mol. The number of H-pyrrole nitrogens is 1. The summed E-state index contributed by atoms with van der Waals surface area (Å²) in [5.41, 5.74) is 3.45. The number of piperidine rings is 1. The van der Waals surface area contributed by atoms with Crippen molar-refractivity contribution < 1.29 is 9.53 Å². The summed E-state index contributed by atoms with van der Waals surface area (Å²) in [6.45, 7) is 2.44. The average molecular weight is 395 g/mol. The summed E-state index contributed by atoms with van der Waals surface area (Å²) in [6, 6.07) is 8.05. The van der Waals surface area contributed by atoms with Crippen molar-refractivity contribution in [3.63, 3.8) is 0 Å². The zero-order valence-corrected chi connectivity index (χ0v) is 16.6. The molecule has 0 amide bonds. The molecule has 7 heteroatoms. The van der Waals surface area contributed by atoms with Crippen LogP contribution in [0.5, 0.6) is 0 Å². The lowest BCUT2D eigenvalue weighted by atomic mass is 9.72. The van der Waals surface area contributed by atoms with E-state index in [2.05, 4.69) is 39.3 Å². The van der Waals surface area contributed by atoms with Gasteiger partial charge < -0.3 is 14.6 Å². The number of nitrogens with one attached hydrogen (secondary N) is 1. The number of carbonyl (C=O) groups is 1. The Labute approximate surface area is 166 Å². The fourth-order valence-corrected chi connectivity index (χ4v) is 5.78. The first-order chi connectivity index (χ1) is 13.5. The normalized spacial score (nSPS) is 23.5. The summed E-state index contributed by atoms with van der Waals surface area (Å²) >= 11 is 1.51. The topological polar surface area (TPSA) is 75.3 Å². The number of anilines is 1. The Hall–Kier alpha value is -2.67. The zero-order chi connectivity index (χ0) is 19.4. The Bertz CT molecular complexity index is 1140. The fourth-order valence-electron chi connectivity index (χ4n) is 4.87. The van der Waals surface area contributed by atoms with E-state index >= 15 is 0 Å². The lowest BCUT2D eigenvalue weighted by molar-refractivity contribution is -0.146. The second-order valence-corrected chi connectivity index (χ2v) is 8.87. The van der Waals surface area contributed by atoms with Gasteiger partial charge in [-0.15, -0.1) is 11.3 Å². The van der Waals surface area contributed by atoms with Crippen molar-refractivity contribution in [1.29, 1.82) is 0 Å². The van der Waals surface area contributed by atoms with Crippen LogP contribution < -0.4 is 10.5 Å². The van der Waals surface area contributed by atoms with Crippen molar-refractivity contribution in [1.82, 2.24) is 9.97 Å². The van der Waals surface area contributed by atoms with Crippen molar-refractivity contribution in [3.05, 3.63) is 56.8 Å². The number of esters is 1. The van der Waals surface area contributed by atoms with E-state index in [1.807, 2.05) is 6.92 Å². The van der Waals surface area contributed by atoms with Gasteiger partial charge in [-0.25, -0.2) is 0 Å². The Morgan fingerprint density at radius 1 is 1.39 bits per heavy atom. The average Bonchev–Trinajstić information content (AvgIpc) is 3.10. The molecule has 0 unspecified atom stereocenters. The number of aromatic amines is 1. The van der Waals surface area contributed by atoms with E-state index in [9.17, 15) is 9.59 Å². The maximum atomic E-state index is 12.5. The number of hydrogen-bond acceptors (Lipinski definition) is 6. The number of ether oxygens (including phenoxy) is 1. The van der Waals surface area contributed by atoms with E-state index < -0.39 is 0 Å². The minimum Gasteiger partial charge on any atom is -0.469 e. The van der Waals surface area contributed by atoms with Crippen molar-refractivity contribution in [2.24, 2.45) is 5.92 Å². The van der Waals surface area contributed by atoms with E-state index in [-0.39, 0.29) is 29.4 Å². The summed E-state index contributed by atoms with van der Waals surface area (Å²) in [7, 11) is 1.44.